The van der Waals surface area contributed by atoms with E-state index in [9.17, 15) is 0 Å². The highest BCUT2D eigenvalue weighted by atomic mass is 15.2. The van der Waals surface area contributed by atoms with Gasteiger partial charge in [-0.15, -0.1) is 0 Å². The predicted octanol–water partition coefficient (Wildman–Crippen LogP) is 15.7. The van der Waals surface area contributed by atoms with E-state index in [0.29, 0.717) is 5.92 Å². The number of anilines is 6. The van der Waals surface area contributed by atoms with Crippen molar-refractivity contribution in [3.05, 3.63) is 177 Å². The Labute approximate surface area is 327 Å². The van der Waals surface area contributed by atoms with Crippen molar-refractivity contribution in [2.24, 2.45) is 0 Å². The zero-order valence-corrected chi connectivity index (χ0v) is 34.1. The fraction of sp³-hybridized carbons (Fsp3) is 0.208. The Morgan fingerprint density at radius 1 is 0.309 bits per heavy atom. The summed E-state index contributed by atoms with van der Waals surface area (Å²) >= 11 is 0. The standard InChI is InChI=1S/C53H52N2/c1-32(2)41-19-24-48-49(29-41)51-31-52(54(42-20-15-33(3)37(7)25-42)43-21-16-34(4)38(8)26-43)47-14-12-11-13-46(47)50(51)30-53(48)55(44-22-17-35(5)39(9)27-44)45-23-18-36(6)40(10)28-45/h11-32H,1-10H3. The molecule has 0 aliphatic carbocycles. The molecule has 55 heavy (non-hydrogen) atoms. The third kappa shape index (κ3) is 6.44. The highest BCUT2D eigenvalue weighted by molar-refractivity contribution is 6.24. The van der Waals surface area contributed by atoms with Crippen LogP contribution in [0.1, 0.15) is 69.8 Å². The van der Waals surface area contributed by atoms with E-state index < -0.39 is 0 Å². The molecule has 8 aromatic carbocycles. The molecule has 0 bridgehead atoms. The van der Waals surface area contributed by atoms with Crippen molar-refractivity contribution in [1.82, 2.24) is 0 Å². The lowest BCUT2D eigenvalue weighted by Gasteiger charge is -2.31. The number of fused-ring (bicyclic) bond motifs is 5. The molecule has 274 valence electrons. The smallest absolute Gasteiger partial charge is 0.0546 e. The van der Waals surface area contributed by atoms with Gasteiger partial charge < -0.3 is 9.80 Å². The average molecular weight is 717 g/mol. The van der Waals surface area contributed by atoms with Crippen LogP contribution in [0, 0.1) is 55.4 Å². The van der Waals surface area contributed by atoms with Gasteiger partial charge in [-0.25, -0.2) is 0 Å². The molecule has 0 aromatic heterocycles. The molecule has 0 heterocycles. The molecule has 2 heteroatoms. The molecular weight excluding hydrogens is 665 g/mol. The van der Waals surface area contributed by atoms with E-state index in [2.05, 4.69) is 206 Å². The number of rotatable bonds is 7. The summed E-state index contributed by atoms with van der Waals surface area (Å²) < 4.78 is 0. The Kier molecular flexibility index (Phi) is 9.26. The van der Waals surface area contributed by atoms with Crippen LogP contribution in [-0.4, -0.2) is 0 Å². The first-order valence-electron chi connectivity index (χ1n) is 19.7. The monoisotopic (exact) mass is 716 g/mol. The van der Waals surface area contributed by atoms with Crippen molar-refractivity contribution in [2.75, 3.05) is 9.80 Å². The number of hydrogen-bond acceptors (Lipinski definition) is 2. The zero-order valence-electron chi connectivity index (χ0n) is 34.1. The molecular formula is C53H52N2. The maximum atomic E-state index is 2.48. The van der Waals surface area contributed by atoms with E-state index in [4.69, 9.17) is 0 Å². The van der Waals surface area contributed by atoms with Gasteiger partial charge in [0.25, 0.3) is 0 Å². The number of hydrogen-bond donors (Lipinski definition) is 0. The second-order valence-electron chi connectivity index (χ2n) is 16.1. The second kappa shape index (κ2) is 14.1. The van der Waals surface area contributed by atoms with E-state index >= 15 is 0 Å². The largest absolute Gasteiger partial charge is 0.310 e. The first kappa shape index (κ1) is 36.1. The van der Waals surface area contributed by atoms with E-state index in [0.717, 1.165) is 22.7 Å². The minimum absolute atomic E-state index is 0.390. The Balaban J connectivity index is 1.51. The Morgan fingerprint density at radius 2 is 0.655 bits per heavy atom. The highest BCUT2D eigenvalue weighted by Crippen LogP contribution is 2.48. The van der Waals surface area contributed by atoms with Crippen LogP contribution in [0.2, 0.25) is 0 Å². The van der Waals surface area contributed by atoms with Gasteiger partial charge in [-0.2, -0.15) is 0 Å². The third-order valence-electron chi connectivity index (χ3n) is 12.1. The van der Waals surface area contributed by atoms with E-state index in [1.54, 1.807) is 0 Å². The van der Waals surface area contributed by atoms with Crippen molar-refractivity contribution in [1.29, 1.82) is 0 Å². The Hall–Kier alpha value is -5.86. The predicted molar refractivity (Wildman–Crippen MR) is 240 cm³/mol. The van der Waals surface area contributed by atoms with Crippen molar-refractivity contribution >= 4 is 66.4 Å². The summed E-state index contributed by atoms with van der Waals surface area (Å²) in [6, 6.07) is 48.6. The summed E-state index contributed by atoms with van der Waals surface area (Å²) in [5.41, 5.74) is 18.7. The molecule has 0 unspecified atom stereocenters. The van der Waals surface area contributed by atoms with Gasteiger partial charge in [0.05, 0.1) is 11.4 Å². The SMILES string of the molecule is Cc1ccc(N(c2ccc(C)c(C)c2)c2cc3c4cc(C(C)C)ccc4c(N(c4ccc(C)c(C)c4)c4ccc(C)c(C)c4)cc3c3ccccc23)cc1C. The molecule has 0 spiro atoms. The minimum atomic E-state index is 0.390. The zero-order chi connectivity index (χ0) is 38.7. The van der Waals surface area contributed by atoms with Gasteiger partial charge in [0.15, 0.2) is 0 Å². The molecule has 0 atom stereocenters. The van der Waals surface area contributed by atoms with Crippen molar-refractivity contribution in [3.8, 4) is 0 Å². The maximum absolute atomic E-state index is 2.48. The van der Waals surface area contributed by atoms with Gasteiger partial charge in [0, 0.05) is 33.5 Å². The molecule has 0 saturated heterocycles. The van der Waals surface area contributed by atoms with Gasteiger partial charge in [-0.1, -0.05) is 80.6 Å². The first-order chi connectivity index (χ1) is 26.4. The third-order valence-corrected chi connectivity index (χ3v) is 12.1. The van der Waals surface area contributed by atoms with Crippen LogP contribution < -0.4 is 9.80 Å². The molecule has 0 amide bonds. The topological polar surface area (TPSA) is 6.48 Å². The molecule has 8 rings (SSSR count). The van der Waals surface area contributed by atoms with Crippen LogP contribution in [0.4, 0.5) is 34.1 Å². The Morgan fingerprint density at radius 3 is 1.04 bits per heavy atom. The Bertz CT molecular complexity index is 2680. The molecule has 2 nitrogen and oxygen atoms in total. The lowest BCUT2D eigenvalue weighted by atomic mass is 9.90. The fourth-order valence-electron chi connectivity index (χ4n) is 8.02. The molecule has 0 N–H and O–H groups in total. The average Bonchev–Trinajstić information content (AvgIpc) is 3.17. The summed E-state index contributed by atoms with van der Waals surface area (Å²) in [4.78, 5) is 4.96. The van der Waals surface area contributed by atoms with Crippen LogP contribution >= 0.6 is 0 Å². The van der Waals surface area contributed by atoms with Crippen LogP contribution in [0.25, 0.3) is 32.3 Å². The summed E-state index contributed by atoms with van der Waals surface area (Å²) in [5, 5.41) is 7.47. The molecule has 0 aliphatic rings. The minimum Gasteiger partial charge on any atom is -0.310 e. The van der Waals surface area contributed by atoms with E-state index in [-0.39, 0.29) is 0 Å². The van der Waals surface area contributed by atoms with Gasteiger partial charge in [-0.3, -0.25) is 0 Å². The normalized spacial score (nSPS) is 11.6. The summed E-state index contributed by atoms with van der Waals surface area (Å²) in [5.74, 6) is 0.390. The van der Waals surface area contributed by atoms with Gasteiger partial charge >= 0.3 is 0 Å². The van der Waals surface area contributed by atoms with Gasteiger partial charge in [-0.05, 0) is 194 Å². The number of nitrogens with zero attached hydrogens (tertiary/aromatic N) is 2. The van der Waals surface area contributed by atoms with Crippen molar-refractivity contribution < 1.29 is 0 Å². The van der Waals surface area contributed by atoms with Gasteiger partial charge in [0.1, 0.15) is 0 Å². The molecule has 0 fully saturated rings. The first-order valence-corrected chi connectivity index (χ1v) is 19.7. The molecule has 0 saturated carbocycles. The van der Waals surface area contributed by atoms with Crippen LogP contribution in [-0.2, 0) is 0 Å². The molecule has 0 radical (unpaired) electrons. The number of benzene rings is 8. The molecule has 8 aromatic rings. The fourth-order valence-corrected chi connectivity index (χ4v) is 8.02. The lowest BCUT2D eigenvalue weighted by Crippen LogP contribution is -2.13. The highest BCUT2D eigenvalue weighted by Gasteiger charge is 2.23. The van der Waals surface area contributed by atoms with E-state index in [1.165, 1.54) is 93.8 Å². The molecule has 0 aliphatic heterocycles. The van der Waals surface area contributed by atoms with Gasteiger partial charge in [0.2, 0.25) is 0 Å². The van der Waals surface area contributed by atoms with Crippen molar-refractivity contribution in [2.45, 2.75) is 75.2 Å². The van der Waals surface area contributed by atoms with Crippen LogP contribution in [0.3, 0.4) is 0 Å². The summed E-state index contributed by atoms with van der Waals surface area (Å²) in [6.45, 7) is 22.2. The maximum Gasteiger partial charge on any atom is 0.0546 e. The lowest BCUT2D eigenvalue weighted by molar-refractivity contribution is 0.869. The number of aryl methyl sites for hydroxylation is 8. The van der Waals surface area contributed by atoms with Crippen LogP contribution in [0.5, 0.6) is 0 Å². The summed E-state index contributed by atoms with van der Waals surface area (Å²) in [6.07, 6.45) is 0. The van der Waals surface area contributed by atoms with E-state index in [1.807, 2.05) is 0 Å². The van der Waals surface area contributed by atoms with Crippen LogP contribution in [0.15, 0.2) is 127 Å². The van der Waals surface area contributed by atoms with Crippen molar-refractivity contribution in [3.63, 3.8) is 0 Å². The summed E-state index contributed by atoms with van der Waals surface area (Å²) in [7, 11) is 0. The quantitative estimate of drug-likeness (QED) is 0.152. The second-order valence-corrected chi connectivity index (χ2v) is 16.1.